The molecule has 3 nitrogen and oxygen atoms in total. The Hall–Kier alpha value is -1.68. The van der Waals surface area contributed by atoms with Crippen LogP contribution in [-0.4, -0.2) is 15.6 Å². The standard InChI is InChI=1S/C15H18N2OS/c1-3-5-13-7-9-15(19-13)14(18)8-6-12-10-16-17(4-2)11-12/h6-11H,3-5H2,1-2H3/b8-6+. The number of allylic oxidation sites excluding steroid dienone is 1. The van der Waals surface area contributed by atoms with Gasteiger partial charge in [0.25, 0.3) is 0 Å². The molecule has 0 spiro atoms. The van der Waals surface area contributed by atoms with E-state index in [1.165, 1.54) is 4.88 Å². The molecule has 0 bridgehead atoms. The lowest BCUT2D eigenvalue weighted by molar-refractivity contribution is 0.105. The summed E-state index contributed by atoms with van der Waals surface area (Å²) in [7, 11) is 0. The maximum Gasteiger partial charge on any atom is 0.195 e. The molecular weight excluding hydrogens is 256 g/mol. The normalized spacial score (nSPS) is 11.3. The van der Waals surface area contributed by atoms with Crippen LogP contribution in [0.2, 0.25) is 0 Å². The van der Waals surface area contributed by atoms with Gasteiger partial charge < -0.3 is 0 Å². The fourth-order valence-electron chi connectivity index (χ4n) is 1.78. The summed E-state index contributed by atoms with van der Waals surface area (Å²) in [5, 5.41) is 4.17. The van der Waals surface area contributed by atoms with Crippen LogP contribution in [0.4, 0.5) is 0 Å². The van der Waals surface area contributed by atoms with Gasteiger partial charge >= 0.3 is 0 Å². The van der Waals surface area contributed by atoms with Gasteiger partial charge in [0, 0.05) is 23.2 Å². The van der Waals surface area contributed by atoms with Crippen LogP contribution >= 0.6 is 11.3 Å². The highest BCUT2D eigenvalue weighted by molar-refractivity contribution is 7.14. The van der Waals surface area contributed by atoms with Crippen LogP contribution in [0.3, 0.4) is 0 Å². The Kier molecular flexibility index (Phi) is 4.68. The van der Waals surface area contributed by atoms with Gasteiger partial charge in [-0.05, 0) is 37.6 Å². The summed E-state index contributed by atoms with van der Waals surface area (Å²) in [6.07, 6.45) is 9.30. The summed E-state index contributed by atoms with van der Waals surface area (Å²) in [4.78, 5) is 14.1. The summed E-state index contributed by atoms with van der Waals surface area (Å²) in [6.45, 7) is 5.02. The van der Waals surface area contributed by atoms with Crippen LogP contribution in [-0.2, 0) is 13.0 Å². The van der Waals surface area contributed by atoms with Gasteiger partial charge in [0.2, 0.25) is 0 Å². The van der Waals surface area contributed by atoms with E-state index < -0.39 is 0 Å². The second kappa shape index (κ2) is 6.48. The molecule has 0 aliphatic carbocycles. The van der Waals surface area contributed by atoms with E-state index in [4.69, 9.17) is 0 Å². The van der Waals surface area contributed by atoms with Crippen molar-refractivity contribution in [2.45, 2.75) is 33.2 Å². The van der Waals surface area contributed by atoms with Crippen LogP contribution in [0.5, 0.6) is 0 Å². The molecule has 0 saturated heterocycles. The molecule has 19 heavy (non-hydrogen) atoms. The molecule has 0 atom stereocenters. The van der Waals surface area contributed by atoms with E-state index in [2.05, 4.69) is 12.0 Å². The maximum absolute atomic E-state index is 12.0. The highest BCUT2D eigenvalue weighted by Crippen LogP contribution is 2.19. The van der Waals surface area contributed by atoms with Gasteiger partial charge in [0.05, 0.1) is 11.1 Å². The highest BCUT2D eigenvalue weighted by Gasteiger charge is 2.05. The lowest BCUT2D eigenvalue weighted by atomic mass is 10.2. The first-order valence-electron chi connectivity index (χ1n) is 6.56. The number of thiophene rings is 1. The van der Waals surface area contributed by atoms with Gasteiger partial charge in [-0.3, -0.25) is 9.48 Å². The van der Waals surface area contributed by atoms with Crippen molar-refractivity contribution in [1.82, 2.24) is 9.78 Å². The smallest absolute Gasteiger partial charge is 0.195 e. The second-order valence-electron chi connectivity index (χ2n) is 4.34. The SMILES string of the molecule is CCCc1ccc(C(=O)/C=C/c2cnn(CC)c2)s1. The predicted molar refractivity (Wildman–Crippen MR) is 79.6 cm³/mol. The molecule has 4 heteroatoms. The summed E-state index contributed by atoms with van der Waals surface area (Å²) in [5.41, 5.74) is 0.959. The topological polar surface area (TPSA) is 34.9 Å². The van der Waals surface area contributed by atoms with E-state index in [1.54, 1.807) is 23.6 Å². The Morgan fingerprint density at radius 1 is 1.42 bits per heavy atom. The number of hydrogen-bond acceptors (Lipinski definition) is 3. The number of carbonyl (C=O) groups is 1. The highest BCUT2D eigenvalue weighted by atomic mass is 32.1. The number of aryl methyl sites for hydroxylation is 2. The van der Waals surface area contributed by atoms with E-state index in [-0.39, 0.29) is 5.78 Å². The largest absolute Gasteiger partial charge is 0.288 e. The van der Waals surface area contributed by atoms with Crippen molar-refractivity contribution >= 4 is 23.2 Å². The van der Waals surface area contributed by atoms with Crippen molar-refractivity contribution in [2.24, 2.45) is 0 Å². The predicted octanol–water partition coefficient (Wildman–Crippen LogP) is 3.81. The first-order valence-corrected chi connectivity index (χ1v) is 7.38. The number of ketones is 1. The molecule has 0 aliphatic rings. The molecular formula is C15H18N2OS. The van der Waals surface area contributed by atoms with Crippen molar-refractivity contribution < 1.29 is 4.79 Å². The van der Waals surface area contributed by atoms with Crippen LogP contribution < -0.4 is 0 Å². The fourth-order valence-corrected chi connectivity index (χ4v) is 2.81. The molecule has 2 aromatic rings. The monoisotopic (exact) mass is 274 g/mol. The number of carbonyl (C=O) groups excluding carboxylic acids is 1. The summed E-state index contributed by atoms with van der Waals surface area (Å²) >= 11 is 1.59. The van der Waals surface area contributed by atoms with Crippen LogP contribution in [0.25, 0.3) is 6.08 Å². The molecule has 0 radical (unpaired) electrons. The zero-order valence-corrected chi connectivity index (χ0v) is 12.1. The lowest BCUT2D eigenvalue weighted by Crippen LogP contribution is -1.92. The summed E-state index contributed by atoms with van der Waals surface area (Å²) < 4.78 is 1.84. The van der Waals surface area contributed by atoms with Crippen molar-refractivity contribution in [2.75, 3.05) is 0 Å². The minimum absolute atomic E-state index is 0.0663. The van der Waals surface area contributed by atoms with E-state index in [9.17, 15) is 4.79 Å². The Labute approximate surface area is 117 Å². The van der Waals surface area contributed by atoms with E-state index in [0.29, 0.717) is 0 Å². The van der Waals surface area contributed by atoms with Gasteiger partial charge in [-0.2, -0.15) is 5.10 Å². The summed E-state index contributed by atoms with van der Waals surface area (Å²) in [5.74, 6) is 0.0663. The van der Waals surface area contributed by atoms with Crippen molar-refractivity contribution in [3.8, 4) is 0 Å². The molecule has 2 rings (SSSR count). The number of aromatic nitrogens is 2. The van der Waals surface area contributed by atoms with Crippen LogP contribution in [0, 0.1) is 0 Å². The van der Waals surface area contributed by atoms with Gasteiger partial charge in [-0.1, -0.05) is 13.3 Å². The molecule has 0 unspecified atom stereocenters. The van der Waals surface area contributed by atoms with Crippen LogP contribution in [0.15, 0.2) is 30.6 Å². The minimum atomic E-state index is 0.0663. The molecule has 0 aliphatic heterocycles. The van der Waals surface area contributed by atoms with Crippen molar-refractivity contribution in [3.63, 3.8) is 0 Å². The van der Waals surface area contributed by atoms with Gasteiger partial charge in [0.15, 0.2) is 5.78 Å². The molecule has 0 amide bonds. The fraction of sp³-hybridized carbons (Fsp3) is 0.333. The number of rotatable bonds is 6. The first-order chi connectivity index (χ1) is 9.22. The van der Waals surface area contributed by atoms with Crippen LogP contribution in [0.1, 0.15) is 40.4 Å². The molecule has 2 aromatic heterocycles. The number of hydrogen-bond donors (Lipinski definition) is 0. The van der Waals surface area contributed by atoms with Crippen molar-refractivity contribution in [1.29, 1.82) is 0 Å². The van der Waals surface area contributed by atoms with Crippen molar-refractivity contribution in [3.05, 3.63) is 45.9 Å². The first kappa shape index (κ1) is 13.7. The molecule has 0 fully saturated rings. The Bertz CT molecular complexity index is 580. The minimum Gasteiger partial charge on any atom is -0.288 e. The number of nitrogens with zero attached hydrogens (tertiary/aromatic N) is 2. The van der Waals surface area contributed by atoms with E-state index in [1.807, 2.05) is 36.0 Å². The molecule has 0 N–H and O–H groups in total. The van der Waals surface area contributed by atoms with Gasteiger partial charge in [0.1, 0.15) is 0 Å². The zero-order valence-electron chi connectivity index (χ0n) is 11.3. The zero-order chi connectivity index (χ0) is 13.7. The average Bonchev–Trinajstić information content (AvgIpc) is 3.05. The third-order valence-corrected chi connectivity index (χ3v) is 3.96. The van der Waals surface area contributed by atoms with Gasteiger partial charge in [-0.25, -0.2) is 0 Å². The van der Waals surface area contributed by atoms with E-state index in [0.717, 1.165) is 29.8 Å². The lowest BCUT2D eigenvalue weighted by Gasteiger charge is -1.91. The Morgan fingerprint density at radius 2 is 2.26 bits per heavy atom. The summed E-state index contributed by atoms with van der Waals surface area (Å²) in [6, 6.07) is 3.96. The maximum atomic E-state index is 12.0. The molecule has 2 heterocycles. The Balaban J connectivity index is 2.03. The average molecular weight is 274 g/mol. The quantitative estimate of drug-likeness (QED) is 0.593. The van der Waals surface area contributed by atoms with Gasteiger partial charge in [-0.15, -0.1) is 11.3 Å². The molecule has 0 aromatic carbocycles. The second-order valence-corrected chi connectivity index (χ2v) is 5.51. The third-order valence-electron chi connectivity index (χ3n) is 2.81. The van der Waals surface area contributed by atoms with E-state index >= 15 is 0 Å². The molecule has 100 valence electrons. The molecule has 0 saturated carbocycles. The Morgan fingerprint density at radius 3 is 2.95 bits per heavy atom. The third kappa shape index (κ3) is 3.64.